The Morgan fingerprint density at radius 3 is 0.892 bits per heavy atom. The monoisotopic (exact) mass is 1850 g/mol. The molecule has 3 aliphatic heterocycles. The van der Waals surface area contributed by atoms with Crippen molar-refractivity contribution in [3.63, 3.8) is 0 Å². The van der Waals surface area contributed by atoms with Gasteiger partial charge in [0, 0.05) is 49.3 Å². The topological polar surface area (TPSA) is 117 Å². The Hall–Kier alpha value is -1.97. The maximum Gasteiger partial charge on any atom is 1.00 e. The number of nitrogens with zero attached hydrogens (tertiary/aromatic N) is 3. The van der Waals surface area contributed by atoms with Crippen molar-refractivity contribution in [1.29, 1.82) is 0 Å². The van der Waals surface area contributed by atoms with Gasteiger partial charge in [0.2, 0.25) is 0 Å². The zero-order valence-electron chi connectivity index (χ0n) is 71.9. The molecule has 0 unspecified atom stereocenters. The summed E-state index contributed by atoms with van der Waals surface area (Å²) in [6, 6.07) is 106. The molecule has 0 bridgehead atoms. The van der Waals surface area contributed by atoms with Crippen molar-refractivity contribution < 1.29 is 151 Å². The minimum atomic E-state index is -0.241. The summed E-state index contributed by atoms with van der Waals surface area (Å²) < 4.78 is 14.1. The van der Waals surface area contributed by atoms with E-state index in [0.717, 1.165) is 90.6 Å². The van der Waals surface area contributed by atoms with Crippen molar-refractivity contribution in [2.24, 2.45) is 0 Å². The first-order valence-corrected chi connectivity index (χ1v) is 49.7. The number of rotatable bonds is 29. The molecule has 3 saturated heterocycles. The number of thioether (sulfide) groups is 3. The molecule has 3 heterocycles. The molecule has 3 fully saturated rings. The fourth-order valence-corrected chi connectivity index (χ4v) is 17.3. The van der Waals surface area contributed by atoms with Crippen LogP contribution < -0.4 is 181 Å². The third-order valence-electron chi connectivity index (χ3n) is 15.3. The molecule has 0 atom stereocenters. The predicted molar refractivity (Wildman–Crippen MR) is 516 cm³/mol. The van der Waals surface area contributed by atoms with E-state index in [2.05, 4.69) is 315 Å². The van der Waals surface area contributed by atoms with Crippen LogP contribution in [0.5, 0.6) is 0 Å². The van der Waals surface area contributed by atoms with E-state index in [1.807, 2.05) is 60.7 Å². The van der Waals surface area contributed by atoms with Crippen LogP contribution in [0.15, 0.2) is 303 Å². The first-order chi connectivity index (χ1) is 56.1. The van der Waals surface area contributed by atoms with Crippen LogP contribution in [0, 0.1) is 6.92 Å². The molecular weight excluding hydrogens is 1730 g/mol. The van der Waals surface area contributed by atoms with Gasteiger partial charge in [0.05, 0.1) is 44.5 Å². The Kier molecular flexibility index (Phi) is 92.2. The smallest absolute Gasteiger partial charge is 1.00 e. The van der Waals surface area contributed by atoms with Gasteiger partial charge >= 0.3 is 123 Å². The first kappa shape index (κ1) is 124. The minimum absolute atomic E-state index is 0. The number of amides is 3. The van der Waals surface area contributed by atoms with Gasteiger partial charge in [0.15, 0.2) is 0 Å². The summed E-state index contributed by atoms with van der Waals surface area (Å²) in [6.45, 7) is 16.0. The average molecular weight is 1850 g/mol. The third kappa shape index (κ3) is 63.9. The van der Waals surface area contributed by atoms with Gasteiger partial charge in [0.25, 0.3) is 0 Å². The van der Waals surface area contributed by atoms with Crippen LogP contribution >= 0.6 is 112 Å². The van der Waals surface area contributed by atoms with Crippen molar-refractivity contribution in [3.05, 3.63) is 310 Å². The van der Waals surface area contributed by atoms with E-state index in [1.54, 1.807) is 44.5 Å². The van der Waals surface area contributed by atoms with Gasteiger partial charge in [-0.2, -0.15) is 48.0 Å². The molecule has 13 rings (SSSR count). The van der Waals surface area contributed by atoms with E-state index < -0.39 is 0 Å². The summed E-state index contributed by atoms with van der Waals surface area (Å²) in [5.41, 5.74) is 0. The maximum absolute atomic E-state index is 10.8. The number of nitrogens with two attached hydrogens (primary N) is 1. The van der Waals surface area contributed by atoms with Crippen LogP contribution in [0.25, 0.3) is 0 Å². The number of hydrogen-bond donors (Lipinski definition) is 2. The van der Waals surface area contributed by atoms with Crippen molar-refractivity contribution in [2.45, 2.75) is 19.8 Å². The SMILES string of the molecule is CSCCN1CCOC1=O.CSCCN1CCOC1=O.CSCCNCCP(c1ccccc1)c1ccccc1.C[S-].ClCC[NH2+]CCCl.O=C1OCCN1CCCl.[CH2-]CCC.[Cl-].[Li+].[Li+].[Li+].[Li+].[Na+].c1ccc(Pc2ccccc2)cc1.c1ccc([P-]c2ccccc2)cc1.c1ccc([P-]c2ccccc2)cc1.c1ccc([P-]c2ccccc2)cc1. The molecule has 10 aromatic carbocycles. The molecule has 0 aliphatic carbocycles. The van der Waals surface area contributed by atoms with Crippen molar-refractivity contribution in [1.82, 2.24) is 20.0 Å². The minimum Gasteiger partial charge on any atom is -1.00 e. The second-order valence-corrected chi connectivity index (χ2v) is 35.4. The van der Waals surface area contributed by atoms with E-state index in [9.17, 15) is 14.4 Å². The van der Waals surface area contributed by atoms with Gasteiger partial charge in [0.1, 0.15) is 19.8 Å². The van der Waals surface area contributed by atoms with Crippen LogP contribution in [0.4, 0.5) is 14.4 Å². The van der Waals surface area contributed by atoms with Gasteiger partial charge in [-0.1, -0.05) is 325 Å². The van der Waals surface area contributed by atoms with Crippen LogP contribution in [0.3, 0.4) is 0 Å². The zero-order valence-corrected chi connectivity index (χ0v) is 84.8. The fourth-order valence-electron chi connectivity index (χ4n) is 9.48. The molecule has 10 aromatic rings. The van der Waals surface area contributed by atoms with E-state index in [0.29, 0.717) is 38.8 Å². The maximum atomic E-state index is 10.8. The summed E-state index contributed by atoms with van der Waals surface area (Å²) in [6.07, 6.45) is 10.7. The Labute approximate surface area is 839 Å². The molecule has 0 spiro atoms. The van der Waals surface area contributed by atoms with E-state index in [1.165, 1.54) is 97.1 Å². The molecule has 29 heteroatoms. The Bertz CT molecular complexity index is 3350. The van der Waals surface area contributed by atoms with Gasteiger partial charge in [-0.3, -0.25) is 0 Å². The van der Waals surface area contributed by atoms with E-state index in [-0.39, 0.29) is 144 Å². The number of ether oxygens (including phenoxy) is 3. The Morgan fingerprint density at radius 1 is 0.417 bits per heavy atom. The van der Waals surface area contributed by atoms with E-state index >= 15 is 0 Å². The standard InChI is InChI=1S/C17H22NPS.C12H11P.3C12H10P.2C6H11NO2S.C5H8ClNO2.C4H9Cl2N.C4H9.CH4S.ClH.4Li.Na/c1-20-15-13-18-12-14-19(16-8-4-2-5-9-16)17-10-6-3-7-11-17;4*1-3-7-11(8-4-1)13-12-9-5-2-6-10-12;2*1-10-5-3-7-2-4-9-6(7)8;6-1-2-7-3-4-9-5(7)8;5-1-3-7-4-2-6;1-3-4-2;1-2;;;;;;/h2-11,18H,12-15H2,1H3;1-10,13H;3*1-10H;2*2-5H2,1H3;1-4H2;7H,1-4H2;1,3-4H2,2H3;2H,1H3;1H;;;;;/q;;3*-1;;;;;-1;;;5*+1/p-1. The molecule has 0 aromatic heterocycles. The Balaban J connectivity index is -0.000000629. The number of hydrogen-bond acceptors (Lipinski definition) is 11. The zero-order chi connectivity index (χ0) is 82.2. The number of nitrogens with one attached hydrogen (secondary N) is 1. The van der Waals surface area contributed by atoms with Crippen LogP contribution in [-0.4, -0.2) is 184 Å². The molecule has 0 saturated carbocycles. The van der Waals surface area contributed by atoms with Crippen molar-refractivity contribution in [2.75, 3.05) is 151 Å². The summed E-state index contributed by atoms with van der Waals surface area (Å²) in [5.74, 6) is 5.10. The molecule has 3 aliphatic rings. The molecule has 11 nitrogen and oxygen atoms in total. The van der Waals surface area contributed by atoms with Crippen molar-refractivity contribution in [3.8, 4) is 0 Å². The van der Waals surface area contributed by atoms with E-state index in [4.69, 9.17) is 44.3 Å². The quantitative estimate of drug-likeness (QED) is 0.0118. The number of carbonyl (C=O) groups is 3. The largest absolute Gasteiger partial charge is 1.00 e. The Morgan fingerprint density at radius 2 is 0.667 bits per heavy atom. The predicted octanol–water partition coefficient (Wildman–Crippen LogP) is -0.746. The molecule has 3 N–H and O–H groups in total. The van der Waals surface area contributed by atoms with Crippen LogP contribution in [-0.2, 0) is 26.8 Å². The second kappa shape index (κ2) is 89.0. The summed E-state index contributed by atoms with van der Waals surface area (Å²) in [7, 11) is 4.38. The van der Waals surface area contributed by atoms with Gasteiger partial charge < -0.3 is 97.2 Å². The second-order valence-electron chi connectivity index (χ2n) is 23.8. The fraction of sp³-hybridized carbons (Fsp3) is 0.297. The number of unbranched alkanes of at least 4 members (excludes halogenated alkanes) is 1. The van der Waals surface area contributed by atoms with Gasteiger partial charge in [-0.05, 0) is 60.6 Å². The summed E-state index contributed by atoms with van der Waals surface area (Å²) in [5, 5.41) is 19.4. The number of halogens is 4. The number of benzene rings is 10. The van der Waals surface area contributed by atoms with Crippen molar-refractivity contribution >= 4 is 196 Å². The molecular formula is C91H115Cl4Li4N5NaO6P5S4. The summed E-state index contributed by atoms with van der Waals surface area (Å²) >= 11 is 25.6. The first-order valence-electron chi connectivity index (χ1n) is 37.9. The molecule has 3 amide bonds. The van der Waals surface area contributed by atoms with Gasteiger partial charge in [-0.15, -0.1) is 34.8 Å². The number of carbonyl (C=O) groups excluding carboxylic acids is 3. The number of cyclic esters (lactones) is 3. The number of alkyl halides is 3. The normalized spacial score (nSPS) is 11.3. The van der Waals surface area contributed by atoms with Gasteiger partial charge in [-0.25, -0.2) is 46.2 Å². The number of quaternary nitrogens is 1. The molecule has 120 heavy (non-hydrogen) atoms. The summed E-state index contributed by atoms with van der Waals surface area (Å²) in [4.78, 5) is 37.2. The molecule has 0 radical (unpaired) electrons. The van der Waals surface area contributed by atoms with Crippen LogP contribution in [0.1, 0.15) is 19.8 Å². The molecule has 622 valence electrons. The third-order valence-corrected chi connectivity index (χ3v) is 24.8. The van der Waals surface area contributed by atoms with Crippen LogP contribution in [0.2, 0.25) is 0 Å². The average Bonchev–Trinajstić information content (AvgIpc) is 1.25.